The van der Waals surface area contributed by atoms with Crippen molar-refractivity contribution >= 4 is 17.9 Å². The zero-order chi connectivity index (χ0) is 23.1. The van der Waals surface area contributed by atoms with Gasteiger partial charge in [-0.15, -0.1) is 0 Å². The Morgan fingerprint density at radius 2 is 1.25 bits per heavy atom. The van der Waals surface area contributed by atoms with E-state index in [2.05, 4.69) is 0 Å². The van der Waals surface area contributed by atoms with E-state index in [1.165, 1.54) is 0 Å². The molecule has 0 aliphatic heterocycles. The monoisotopic (exact) mass is 444 g/mol. The highest BCUT2D eigenvalue weighted by Gasteiger charge is 2.35. The number of benzene rings is 1. The number of carbonyl (C=O) groups excluding carboxylic acids is 3. The van der Waals surface area contributed by atoms with Crippen LogP contribution in [0.3, 0.4) is 0 Å². The van der Waals surface area contributed by atoms with E-state index in [1.54, 1.807) is 0 Å². The van der Waals surface area contributed by atoms with Crippen LogP contribution in [0.4, 0.5) is 0 Å². The van der Waals surface area contributed by atoms with Gasteiger partial charge in [0.05, 0.1) is 17.8 Å². The second-order valence-electron chi connectivity index (χ2n) is 10.1. The minimum absolute atomic E-state index is 0.127. The molecule has 0 unspecified atom stereocenters. The van der Waals surface area contributed by atoms with Crippen LogP contribution in [0.2, 0.25) is 0 Å². The van der Waals surface area contributed by atoms with Crippen LogP contribution in [0.5, 0.6) is 0 Å². The fraction of sp³-hybridized carbons (Fsp3) is 0.654. The van der Waals surface area contributed by atoms with Gasteiger partial charge in [-0.25, -0.2) is 0 Å². The van der Waals surface area contributed by atoms with Crippen molar-refractivity contribution in [2.24, 2.45) is 17.8 Å². The van der Waals surface area contributed by atoms with Crippen LogP contribution in [-0.2, 0) is 35.2 Å². The maximum absolute atomic E-state index is 12.6. The Hall–Kier alpha value is -2.37. The third-order valence-electron chi connectivity index (χ3n) is 6.31. The number of esters is 3. The Balaban J connectivity index is 1.35. The standard InChI is InChI=1S/C26H36O6/c1-26(2,3)32-25(29)21-11-9-20(10-12-21)24(28)31-22-15-13-19(14-16-22)23(27)30-17-18-7-5-4-6-8-18/h4-8,19-22H,9-17H2,1-3H3. The maximum Gasteiger partial charge on any atom is 0.309 e. The van der Waals surface area contributed by atoms with Crippen molar-refractivity contribution in [2.45, 2.75) is 90.4 Å². The Labute approximate surface area is 191 Å². The molecule has 1 aromatic rings. The molecule has 0 aromatic heterocycles. The molecule has 0 atom stereocenters. The van der Waals surface area contributed by atoms with E-state index < -0.39 is 5.60 Å². The number of hydrogen-bond acceptors (Lipinski definition) is 6. The fourth-order valence-electron chi connectivity index (χ4n) is 4.47. The quantitative estimate of drug-likeness (QED) is 0.455. The van der Waals surface area contributed by atoms with Crippen LogP contribution < -0.4 is 0 Å². The van der Waals surface area contributed by atoms with Gasteiger partial charge < -0.3 is 14.2 Å². The lowest BCUT2D eigenvalue weighted by Gasteiger charge is -2.31. The normalized spacial score (nSPS) is 26.1. The van der Waals surface area contributed by atoms with E-state index in [0.717, 1.165) is 5.56 Å². The van der Waals surface area contributed by atoms with E-state index in [9.17, 15) is 14.4 Å². The molecular weight excluding hydrogens is 408 g/mol. The van der Waals surface area contributed by atoms with Crippen molar-refractivity contribution < 1.29 is 28.6 Å². The third kappa shape index (κ3) is 7.35. The first-order valence-corrected chi connectivity index (χ1v) is 11.8. The summed E-state index contributed by atoms with van der Waals surface area (Å²) in [6.07, 6.45) is 5.23. The lowest BCUT2D eigenvalue weighted by molar-refractivity contribution is -0.166. The van der Waals surface area contributed by atoms with Crippen molar-refractivity contribution in [3.8, 4) is 0 Å². The Morgan fingerprint density at radius 3 is 1.81 bits per heavy atom. The lowest BCUT2D eigenvalue weighted by Crippen LogP contribution is -2.34. The van der Waals surface area contributed by atoms with Gasteiger partial charge in [0, 0.05) is 0 Å². The highest BCUT2D eigenvalue weighted by atomic mass is 16.6. The summed E-state index contributed by atoms with van der Waals surface area (Å²) in [5.41, 5.74) is 0.490. The van der Waals surface area contributed by atoms with Gasteiger partial charge in [0.2, 0.25) is 0 Å². The van der Waals surface area contributed by atoms with Crippen molar-refractivity contribution in [1.82, 2.24) is 0 Å². The molecule has 0 radical (unpaired) electrons. The Bertz CT molecular complexity index is 765. The van der Waals surface area contributed by atoms with Crippen molar-refractivity contribution in [1.29, 1.82) is 0 Å². The molecule has 3 rings (SSSR count). The van der Waals surface area contributed by atoms with E-state index >= 15 is 0 Å². The van der Waals surface area contributed by atoms with Crippen LogP contribution >= 0.6 is 0 Å². The predicted octanol–water partition coefficient (Wildman–Crippen LogP) is 4.98. The maximum atomic E-state index is 12.6. The summed E-state index contributed by atoms with van der Waals surface area (Å²) >= 11 is 0. The molecule has 0 saturated heterocycles. The summed E-state index contributed by atoms with van der Waals surface area (Å²) < 4.78 is 16.7. The zero-order valence-electron chi connectivity index (χ0n) is 19.5. The molecular formula is C26H36O6. The summed E-state index contributed by atoms with van der Waals surface area (Å²) in [5.74, 6) is -0.903. The molecule has 0 amide bonds. The van der Waals surface area contributed by atoms with Crippen LogP contribution in [-0.4, -0.2) is 29.6 Å². The zero-order valence-corrected chi connectivity index (χ0v) is 19.5. The molecule has 2 saturated carbocycles. The number of rotatable bonds is 6. The number of carbonyl (C=O) groups is 3. The third-order valence-corrected chi connectivity index (χ3v) is 6.31. The number of ether oxygens (including phenoxy) is 3. The summed E-state index contributed by atoms with van der Waals surface area (Å²) in [6, 6.07) is 9.65. The molecule has 2 fully saturated rings. The van der Waals surface area contributed by atoms with Crippen molar-refractivity contribution in [3.05, 3.63) is 35.9 Å². The summed E-state index contributed by atoms with van der Waals surface area (Å²) in [4.78, 5) is 37.2. The highest BCUT2D eigenvalue weighted by molar-refractivity contribution is 5.75. The summed E-state index contributed by atoms with van der Waals surface area (Å²) in [6.45, 7) is 5.89. The molecule has 32 heavy (non-hydrogen) atoms. The molecule has 176 valence electrons. The minimum atomic E-state index is -0.486. The molecule has 0 N–H and O–H groups in total. The molecule has 6 nitrogen and oxygen atoms in total. The Kier molecular flexibility index (Phi) is 8.32. The van der Waals surface area contributed by atoms with E-state index in [4.69, 9.17) is 14.2 Å². The predicted molar refractivity (Wildman–Crippen MR) is 119 cm³/mol. The van der Waals surface area contributed by atoms with Crippen molar-refractivity contribution in [3.63, 3.8) is 0 Å². The number of hydrogen-bond donors (Lipinski definition) is 0. The first-order chi connectivity index (χ1) is 15.2. The molecule has 1 aromatic carbocycles. The van der Waals surface area contributed by atoms with Crippen LogP contribution in [0.1, 0.15) is 77.7 Å². The largest absolute Gasteiger partial charge is 0.462 e. The van der Waals surface area contributed by atoms with Gasteiger partial charge in [-0.05, 0) is 77.7 Å². The second kappa shape index (κ2) is 11.0. The average Bonchev–Trinajstić information content (AvgIpc) is 2.77. The lowest BCUT2D eigenvalue weighted by atomic mass is 9.82. The van der Waals surface area contributed by atoms with Gasteiger partial charge in [-0.1, -0.05) is 30.3 Å². The van der Waals surface area contributed by atoms with Crippen LogP contribution in [0.15, 0.2) is 30.3 Å². The van der Waals surface area contributed by atoms with Gasteiger partial charge in [-0.3, -0.25) is 14.4 Å². The molecule has 0 spiro atoms. The van der Waals surface area contributed by atoms with E-state index in [1.807, 2.05) is 51.1 Å². The van der Waals surface area contributed by atoms with Gasteiger partial charge in [0.15, 0.2) is 0 Å². The smallest absolute Gasteiger partial charge is 0.309 e. The summed E-state index contributed by atoms with van der Waals surface area (Å²) in [5, 5.41) is 0. The molecule has 6 heteroatoms. The Morgan fingerprint density at radius 1 is 0.750 bits per heavy atom. The summed E-state index contributed by atoms with van der Waals surface area (Å²) in [7, 11) is 0. The van der Waals surface area contributed by atoms with Gasteiger partial charge in [0.25, 0.3) is 0 Å². The minimum Gasteiger partial charge on any atom is -0.462 e. The fourth-order valence-corrected chi connectivity index (χ4v) is 4.47. The molecule has 2 aliphatic carbocycles. The molecule has 0 bridgehead atoms. The van der Waals surface area contributed by atoms with Crippen molar-refractivity contribution in [2.75, 3.05) is 0 Å². The van der Waals surface area contributed by atoms with E-state index in [0.29, 0.717) is 58.0 Å². The first kappa shape index (κ1) is 24.3. The molecule has 0 heterocycles. The van der Waals surface area contributed by atoms with Gasteiger partial charge in [-0.2, -0.15) is 0 Å². The molecule has 2 aliphatic rings. The van der Waals surface area contributed by atoms with Crippen LogP contribution in [0, 0.1) is 17.8 Å². The van der Waals surface area contributed by atoms with Gasteiger partial charge >= 0.3 is 17.9 Å². The highest BCUT2D eigenvalue weighted by Crippen LogP contribution is 2.33. The second-order valence-corrected chi connectivity index (χ2v) is 10.1. The van der Waals surface area contributed by atoms with E-state index in [-0.39, 0.29) is 41.8 Å². The van der Waals surface area contributed by atoms with Gasteiger partial charge in [0.1, 0.15) is 18.3 Å². The first-order valence-electron chi connectivity index (χ1n) is 11.8. The average molecular weight is 445 g/mol. The topological polar surface area (TPSA) is 78.9 Å². The SMILES string of the molecule is CC(C)(C)OC(=O)C1CCC(C(=O)OC2CCC(C(=O)OCc3ccccc3)CC2)CC1. The van der Waals surface area contributed by atoms with Crippen LogP contribution in [0.25, 0.3) is 0 Å².